The number of carbonyl (C=O) groups excluding carboxylic acids is 1. The van der Waals surface area contributed by atoms with E-state index in [1.54, 1.807) is 4.90 Å². The third-order valence-corrected chi connectivity index (χ3v) is 4.01. The lowest BCUT2D eigenvalue weighted by Gasteiger charge is -2.31. The zero-order valence-electron chi connectivity index (χ0n) is 11.9. The first-order chi connectivity index (χ1) is 10.4. The second-order valence-corrected chi connectivity index (χ2v) is 5.78. The number of piperidine rings is 1. The molecule has 8 heteroatoms. The summed E-state index contributed by atoms with van der Waals surface area (Å²) in [5, 5.41) is 2.97. The molecule has 0 aromatic carbocycles. The molecule has 0 unspecified atom stereocenters. The predicted octanol–water partition coefficient (Wildman–Crippen LogP) is 1.99. The summed E-state index contributed by atoms with van der Waals surface area (Å²) in [4.78, 5) is 21.2. The van der Waals surface area contributed by atoms with Crippen molar-refractivity contribution in [3.05, 3.63) is 18.0 Å². The minimum absolute atomic E-state index is 0.0621. The Bertz CT molecular complexity index is 551. The van der Waals surface area contributed by atoms with Crippen molar-refractivity contribution in [3.63, 3.8) is 0 Å². The van der Waals surface area contributed by atoms with Crippen LogP contribution in [0.1, 0.15) is 31.4 Å². The number of halogens is 3. The maximum atomic E-state index is 12.7. The van der Waals surface area contributed by atoms with Gasteiger partial charge in [-0.05, 0) is 31.7 Å². The van der Waals surface area contributed by atoms with E-state index in [2.05, 4.69) is 15.3 Å². The number of hydrogen-bond acceptors (Lipinski definition) is 4. The minimum Gasteiger partial charge on any atom is -0.353 e. The number of nitrogens with zero attached hydrogens (tertiary/aromatic N) is 3. The molecule has 0 bridgehead atoms. The molecule has 1 aliphatic heterocycles. The number of amides is 1. The highest BCUT2D eigenvalue weighted by Gasteiger charge is 2.34. The van der Waals surface area contributed by atoms with E-state index in [0.717, 1.165) is 25.1 Å². The van der Waals surface area contributed by atoms with E-state index in [4.69, 9.17) is 0 Å². The summed E-state index contributed by atoms with van der Waals surface area (Å²) in [5.41, 5.74) is -0.939. The zero-order valence-corrected chi connectivity index (χ0v) is 11.9. The summed E-state index contributed by atoms with van der Waals surface area (Å²) in [6.07, 6.45) is -0.0428. The maximum Gasteiger partial charge on any atom is 0.433 e. The van der Waals surface area contributed by atoms with Gasteiger partial charge in [-0.1, -0.05) is 0 Å². The first-order valence-corrected chi connectivity index (χ1v) is 7.39. The van der Waals surface area contributed by atoms with Crippen LogP contribution >= 0.6 is 0 Å². The summed E-state index contributed by atoms with van der Waals surface area (Å²) in [5.74, 6) is 0.0747. The van der Waals surface area contributed by atoms with Gasteiger partial charge in [-0.15, -0.1) is 0 Å². The first kappa shape index (κ1) is 15.1. The molecule has 5 nitrogen and oxygen atoms in total. The van der Waals surface area contributed by atoms with E-state index in [0.29, 0.717) is 32.0 Å². The van der Waals surface area contributed by atoms with Crippen molar-refractivity contribution >= 4 is 11.9 Å². The van der Waals surface area contributed by atoms with Crippen LogP contribution < -0.4 is 10.2 Å². The summed E-state index contributed by atoms with van der Waals surface area (Å²) in [6, 6.07) is 1.19. The third-order valence-electron chi connectivity index (χ3n) is 4.01. The second-order valence-electron chi connectivity index (χ2n) is 5.78. The van der Waals surface area contributed by atoms with E-state index >= 15 is 0 Å². The van der Waals surface area contributed by atoms with Crippen molar-refractivity contribution in [1.82, 2.24) is 15.3 Å². The van der Waals surface area contributed by atoms with E-state index in [1.807, 2.05) is 0 Å². The van der Waals surface area contributed by atoms with Crippen molar-refractivity contribution in [2.24, 2.45) is 5.92 Å². The average molecular weight is 314 g/mol. The smallest absolute Gasteiger partial charge is 0.353 e. The SMILES string of the molecule is O=C(NC1CC1)C1CCN(c2nccc(C(F)(F)F)n2)CC1. The lowest BCUT2D eigenvalue weighted by Crippen LogP contribution is -2.41. The Morgan fingerprint density at radius 2 is 1.91 bits per heavy atom. The molecular formula is C14H17F3N4O. The Morgan fingerprint density at radius 3 is 2.50 bits per heavy atom. The Balaban J connectivity index is 1.60. The summed E-state index contributed by atoms with van der Waals surface area (Å²) in [6.45, 7) is 0.980. The van der Waals surface area contributed by atoms with Gasteiger partial charge in [-0.2, -0.15) is 13.2 Å². The van der Waals surface area contributed by atoms with Crippen LogP contribution in [0.15, 0.2) is 12.3 Å². The predicted molar refractivity (Wildman–Crippen MR) is 73.1 cm³/mol. The van der Waals surface area contributed by atoms with E-state index in [-0.39, 0.29) is 17.8 Å². The van der Waals surface area contributed by atoms with Gasteiger partial charge in [0.05, 0.1) is 0 Å². The lowest BCUT2D eigenvalue weighted by molar-refractivity contribution is -0.141. The zero-order chi connectivity index (χ0) is 15.7. The quantitative estimate of drug-likeness (QED) is 0.927. The van der Waals surface area contributed by atoms with Crippen LogP contribution in [0.2, 0.25) is 0 Å². The van der Waals surface area contributed by atoms with Crippen molar-refractivity contribution in [1.29, 1.82) is 0 Å². The van der Waals surface area contributed by atoms with E-state index in [9.17, 15) is 18.0 Å². The fourth-order valence-corrected chi connectivity index (χ4v) is 2.55. The molecule has 1 saturated carbocycles. The van der Waals surface area contributed by atoms with Crippen LogP contribution in [0, 0.1) is 5.92 Å². The molecule has 1 aliphatic carbocycles. The highest BCUT2D eigenvalue weighted by Crippen LogP contribution is 2.29. The lowest BCUT2D eigenvalue weighted by atomic mass is 9.96. The highest BCUT2D eigenvalue weighted by molar-refractivity contribution is 5.79. The normalized spacial score (nSPS) is 20.0. The molecule has 2 aliphatic rings. The molecule has 3 rings (SSSR count). The molecule has 1 N–H and O–H groups in total. The summed E-state index contributed by atoms with van der Waals surface area (Å²) >= 11 is 0. The number of aromatic nitrogens is 2. The fraction of sp³-hybridized carbons (Fsp3) is 0.643. The molecule has 1 saturated heterocycles. The van der Waals surface area contributed by atoms with Gasteiger partial charge >= 0.3 is 6.18 Å². The van der Waals surface area contributed by atoms with E-state index < -0.39 is 11.9 Å². The molecule has 0 atom stereocenters. The van der Waals surface area contributed by atoms with Gasteiger partial charge in [0.15, 0.2) is 0 Å². The molecular weight excluding hydrogens is 297 g/mol. The minimum atomic E-state index is -4.47. The van der Waals surface area contributed by atoms with Crippen LogP contribution in [-0.4, -0.2) is 35.0 Å². The topological polar surface area (TPSA) is 58.1 Å². The van der Waals surface area contributed by atoms with Gasteiger partial charge in [0.25, 0.3) is 0 Å². The van der Waals surface area contributed by atoms with E-state index in [1.165, 1.54) is 0 Å². The Kier molecular flexibility index (Phi) is 3.92. The number of nitrogens with one attached hydrogen (secondary N) is 1. The number of alkyl halides is 3. The van der Waals surface area contributed by atoms with Gasteiger partial charge in [-0.25, -0.2) is 9.97 Å². The molecule has 0 spiro atoms. The van der Waals surface area contributed by atoms with Gasteiger partial charge in [-0.3, -0.25) is 4.79 Å². The summed E-state index contributed by atoms with van der Waals surface area (Å²) < 4.78 is 38.0. The van der Waals surface area contributed by atoms with Crippen molar-refractivity contribution in [3.8, 4) is 0 Å². The summed E-state index contributed by atoms with van der Waals surface area (Å²) in [7, 11) is 0. The third kappa shape index (κ3) is 3.48. The molecule has 22 heavy (non-hydrogen) atoms. The molecule has 1 aromatic heterocycles. The van der Waals surface area contributed by atoms with Crippen molar-refractivity contribution in [2.75, 3.05) is 18.0 Å². The Hall–Kier alpha value is -1.86. The molecule has 2 heterocycles. The van der Waals surface area contributed by atoms with Crippen LogP contribution in [0.5, 0.6) is 0 Å². The van der Waals surface area contributed by atoms with Crippen molar-refractivity contribution in [2.45, 2.75) is 37.9 Å². The largest absolute Gasteiger partial charge is 0.433 e. The van der Waals surface area contributed by atoms with Crippen LogP contribution in [-0.2, 0) is 11.0 Å². The number of carbonyl (C=O) groups is 1. The Labute approximate surface area is 125 Å². The van der Waals surface area contributed by atoms with Crippen LogP contribution in [0.4, 0.5) is 19.1 Å². The second kappa shape index (κ2) is 5.73. The molecule has 2 fully saturated rings. The van der Waals surface area contributed by atoms with Gasteiger partial charge in [0, 0.05) is 31.2 Å². The first-order valence-electron chi connectivity index (χ1n) is 7.39. The number of anilines is 1. The maximum absolute atomic E-state index is 12.7. The number of rotatable bonds is 3. The van der Waals surface area contributed by atoms with Crippen LogP contribution in [0.3, 0.4) is 0 Å². The average Bonchev–Trinajstić information content (AvgIpc) is 3.31. The fourth-order valence-electron chi connectivity index (χ4n) is 2.55. The molecule has 1 aromatic rings. The van der Waals surface area contributed by atoms with Gasteiger partial charge < -0.3 is 10.2 Å². The van der Waals surface area contributed by atoms with Crippen molar-refractivity contribution < 1.29 is 18.0 Å². The molecule has 0 radical (unpaired) electrons. The highest BCUT2D eigenvalue weighted by atomic mass is 19.4. The molecule has 1 amide bonds. The monoisotopic (exact) mass is 314 g/mol. The van der Waals surface area contributed by atoms with Gasteiger partial charge in [0.2, 0.25) is 11.9 Å². The van der Waals surface area contributed by atoms with Gasteiger partial charge in [0.1, 0.15) is 5.69 Å². The molecule has 120 valence electrons. The number of hydrogen-bond donors (Lipinski definition) is 1. The standard InChI is InChI=1S/C14H17F3N4O/c15-14(16,17)11-3-6-18-13(20-11)21-7-4-9(5-8-21)12(22)19-10-1-2-10/h3,6,9-10H,1-2,4-5,7-8H2,(H,19,22). The van der Waals surface area contributed by atoms with Crippen LogP contribution in [0.25, 0.3) is 0 Å². The Morgan fingerprint density at radius 1 is 1.23 bits per heavy atom.